The molecule has 0 saturated heterocycles. The van der Waals surface area contributed by atoms with E-state index in [0.29, 0.717) is 6.04 Å². The number of hydrogen-bond donors (Lipinski definition) is 0. The van der Waals surface area contributed by atoms with Crippen LogP contribution in [0.4, 0.5) is 0 Å². The third-order valence-electron chi connectivity index (χ3n) is 3.17. The molecule has 0 spiro atoms. The Bertz CT molecular complexity index is 183. The predicted molar refractivity (Wildman–Crippen MR) is 59.3 cm³/mol. The molecule has 0 unspecified atom stereocenters. The maximum absolute atomic E-state index is 10.8. The SMILES string of the molecule is CN(CC(C)(C)C=O)C1CCCCC1. The largest absolute Gasteiger partial charge is 0.303 e. The van der Waals surface area contributed by atoms with E-state index < -0.39 is 0 Å². The van der Waals surface area contributed by atoms with Crippen LogP contribution in [-0.2, 0) is 4.79 Å². The molecule has 0 amide bonds. The van der Waals surface area contributed by atoms with Gasteiger partial charge in [-0.15, -0.1) is 0 Å². The minimum atomic E-state index is -0.188. The summed E-state index contributed by atoms with van der Waals surface area (Å²) in [5, 5.41) is 0. The van der Waals surface area contributed by atoms with Crippen LogP contribution in [0.1, 0.15) is 46.0 Å². The Balaban J connectivity index is 2.39. The third-order valence-corrected chi connectivity index (χ3v) is 3.17. The normalized spacial score (nSPS) is 20.0. The van der Waals surface area contributed by atoms with Gasteiger partial charge in [0, 0.05) is 18.0 Å². The highest BCUT2D eigenvalue weighted by Crippen LogP contribution is 2.24. The van der Waals surface area contributed by atoms with E-state index in [2.05, 4.69) is 11.9 Å². The highest BCUT2D eigenvalue weighted by Gasteiger charge is 2.24. The monoisotopic (exact) mass is 197 g/mol. The molecule has 2 nitrogen and oxygen atoms in total. The zero-order valence-corrected chi connectivity index (χ0v) is 9.75. The first-order valence-electron chi connectivity index (χ1n) is 5.72. The number of carbonyl (C=O) groups excluding carboxylic acids is 1. The van der Waals surface area contributed by atoms with Crippen LogP contribution in [0.25, 0.3) is 0 Å². The summed E-state index contributed by atoms with van der Waals surface area (Å²) >= 11 is 0. The fourth-order valence-electron chi connectivity index (χ4n) is 2.33. The van der Waals surface area contributed by atoms with Crippen molar-refractivity contribution < 1.29 is 4.79 Å². The molecule has 1 aliphatic carbocycles. The van der Waals surface area contributed by atoms with Crippen LogP contribution >= 0.6 is 0 Å². The van der Waals surface area contributed by atoms with Crippen molar-refractivity contribution in [2.45, 2.75) is 52.0 Å². The molecule has 14 heavy (non-hydrogen) atoms. The summed E-state index contributed by atoms with van der Waals surface area (Å²) in [5.74, 6) is 0. The maximum Gasteiger partial charge on any atom is 0.126 e. The van der Waals surface area contributed by atoms with Crippen LogP contribution in [0.2, 0.25) is 0 Å². The Labute approximate surface area is 87.7 Å². The number of carbonyl (C=O) groups is 1. The third kappa shape index (κ3) is 3.41. The van der Waals surface area contributed by atoms with Gasteiger partial charge >= 0.3 is 0 Å². The van der Waals surface area contributed by atoms with Gasteiger partial charge < -0.3 is 9.69 Å². The van der Waals surface area contributed by atoms with Gasteiger partial charge in [-0.2, -0.15) is 0 Å². The fraction of sp³-hybridized carbons (Fsp3) is 0.917. The summed E-state index contributed by atoms with van der Waals surface area (Å²) in [5.41, 5.74) is -0.188. The van der Waals surface area contributed by atoms with E-state index in [9.17, 15) is 4.79 Å². The maximum atomic E-state index is 10.8. The Morgan fingerprint density at radius 3 is 2.36 bits per heavy atom. The molecule has 0 radical (unpaired) electrons. The number of aldehydes is 1. The van der Waals surface area contributed by atoms with Crippen LogP contribution in [-0.4, -0.2) is 30.8 Å². The second kappa shape index (κ2) is 4.92. The van der Waals surface area contributed by atoms with Crippen molar-refractivity contribution >= 4 is 6.29 Å². The molecule has 1 fully saturated rings. The van der Waals surface area contributed by atoms with Crippen LogP contribution in [0, 0.1) is 5.41 Å². The summed E-state index contributed by atoms with van der Waals surface area (Å²) in [6.45, 7) is 4.92. The number of hydrogen-bond acceptors (Lipinski definition) is 2. The number of nitrogens with zero attached hydrogens (tertiary/aromatic N) is 1. The van der Waals surface area contributed by atoms with E-state index >= 15 is 0 Å². The van der Waals surface area contributed by atoms with E-state index in [1.165, 1.54) is 32.1 Å². The van der Waals surface area contributed by atoms with Crippen molar-refractivity contribution in [2.24, 2.45) is 5.41 Å². The van der Waals surface area contributed by atoms with Gasteiger partial charge in [-0.25, -0.2) is 0 Å². The molecule has 1 rings (SSSR count). The van der Waals surface area contributed by atoms with Crippen molar-refractivity contribution in [1.82, 2.24) is 4.90 Å². The molecule has 0 atom stereocenters. The van der Waals surface area contributed by atoms with E-state index in [1.807, 2.05) is 13.8 Å². The molecule has 0 bridgehead atoms. The highest BCUT2D eigenvalue weighted by atomic mass is 16.1. The molecule has 0 N–H and O–H groups in total. The molecule has 0 aromatic carbocycles. The first-order valence-corrected chi connectivity index (χ1v) is 5.72. The van der Waals surface area contributed by atoms with Gasteiger partial charge in [0.25, 0.3) is 0 Å². The zero-order valence-electron chi connectivity index (χ0n) is 9.75. The van der Waals surface area contributed by atoms with Gasteiger partial charge in [0.1, 0.15) is 6.29 Å². The van der Waals surface area contributed by atoms with Gasteiger partial charge in [-0.3, -0.25) is 0 Å². The Morgan fingerprint density at radius 2 is 1.86 bits per heavy atom. The van der Waals surface area contributed by atoms with E-state index in [0.717, 1.165) is 12.8 Å². The van der Waals surface area contributed by atoms with Crippen molar-refractivity contribution in [1.29, 1.82) is 0 Å². The molecule has 2 heteroatoms. The standard InChI is InChI=1S/C12H23NO/c1-12(2,10-14)9-13(3)11-7-5-4-6-8-11/h10-11H,4-9H2,1-3H3. The lowest BCUT2D eigenvalue weighted by Gasteiger charge is -2.34. The fourth-order valence-corrected chi connectivity index (χ4v) is 2.33. The average molecular weight is 197 g/mol. The van der Waals surface area contributed by atoms with Gasteiger partial charge in [-0.1, -0.05) is 33.1 Å². The van der Waals surface area contributed by atoms with Crippen molar-refractivity contribution in [3.05, 3.63) is 0 Å². The van der Waals surface area contributed by atoms with Crippen LogP contribution < -0.4 is 0 Å². The molecular formula is C12H23NO. The molecule has 0 aromatic rings. The minimum absolute atomic E-state index is 0.188. The number of rotatable bonds is 4. The Morgan fingerprint density at radius 1 is 1.29 bits per heavy atom. The van der Waals surface area contributed by atoms with E-state index in [1.54, 1.807) is 0 Å². The molecule has 0 heterocycles. The predicted octanol–water partition coefficient (Wildman–Crippen LogP) is 2.48. The molecule has 82 valence electrons. The average Bonchev–Trinajstić information content (AvgIpc) is 2.19. The second-order valence-corrected chi connectivity index (χ2v) is 5.31. The minimum Gasteiger partial charge on any atom is -0.303 e. The topological polar surface area (TPSA) is 20.3 Å². The molecular weight excluding hydrogens is 174 g/mol. The van der Waals surface area contributed by atoms with Crippen LogP contribution in [0.15, 0.2) is 0 Å². The Kier molecular flexibility index (Phi) is 4.11. The Hall–Kier alpha value is -0.370. The summed E-state index contributed by atoms with van der Waals surface area (Å²) in [4.78, 5) is 13.2. The van der Waals surface area contributed by atoms with Gasteiger partial charge in [0.15, 0.2) is 0 Å². The van der Waals surface area contributed by atoms with Crippen LogP contribution in [0.3, 0.4) is 0 Å². The lowest BCUT2D eigenvalue weighted by Crippen LogP contribution is -2.40. The van der Waals surface area contributed by atoms with Gasteiger partial charge in [0.2, 0.25) is 0 Å². The van der Waals surface area contributed by atoms with E-state index in [4.69, 9.17) is 0 Å². The lowest BCUT2D eigenvalue weighted by atomic mass is 9.90. The molecule has 1 aliphatic rings. The smallest absolute Gasteiger partial charge is 0.126 e. The van der Waals surface area contributed by atoms with Crippen molar-refractivity contribution in [2.75, 3.05) is 13.6 Å². The molecule has 0 aliphatic heterocycles. The second-order valence-electron chi connectivity index (χ2n) is 5.31. The van der Waals surface area contributed by atoms with Gasteiger partial charge in [-0.05, 0) is 19.9 Å². The summed E-state index contributed by atoms with van der Waals surface area (Å²) in [6.07, 6.45) is 7.80. The lowest BCUT2D eigenvalue weighted by molar-refractivity contribution is -0.115. The summed E-state index contributed by atoms with van der Waals surface area (Å²) < 4.78 is 0. The summed E-state index contributed by atoms with van der Waals surface area (Å²) in [6, 6.07) is 0.711. The van der Waals surface area contributed by atoms with Crippen LogP contribution in [0.5, 0.6) is 0 Å². The summed E-state index contributed by atoms with van der Waals surface area (Å²) in [7, 11) is 2.15. The highest BCUT2D eigenvalue weighted by molar-refractivity contribution is 5.58. The quantitative estimate of drug-likeness (QED) is 0.645. The first-order chi connectivity index (χ1) is 6.55. The molecule has 1 saturated carbocycles. The first kappa shape index (κ1) is 11.7. The zero-order chi connectivity index (χ0) is 10.6. The van der Waals surface area contributed by atoms with E-state index in [-0.39, 0.29) is 5.41 Å². The van der Waals surface area contributed by atoms with Crippen molar-refractivity contribution in [3.63, 3.8) is 0 Å². The molecule has 0 aromatic heterocycles. The van der Waals surface area contributed by atoms with Gasteiger partial charge in [0.05, 0.1) is 0 Å². The van der Waals surface area contributed by atoms with Crippen molar-refractivity contribution in [3.8, 4) is 0 Å².